The number of hydrogen-bond donors (Lipinski definition) is 1. The third kappa shape index (κ3) is 4.32. The lowest BCUT2D eigenvalue weighted by molar-refractivity contribution is -0.118. The number of carbonyl (C=O) groups excluding carboxylic acids is 1. The van der Waals surface area contributed by atoms with E-state index in [4.69, 9.17) is 4.74 Å². The van der Waals surface area contributed by atoms with Crippen molar-refractivity contribution in [2.45, 2.75) is 13.3 Å². The molecule has 1 N–H and O–H groups in total. The molecule has 1 atom stereocenters. The average Bonchev–Trinajstić information content (AvgIpc) is 2.55. The van der Waals surface area contributed by atoms with E-state index in [1.807, 2.05) is 13.0 Å². The molecule has 1 unspecified atom stereocenters. The van der Waals surface area contributed by atoms with Crippen LogP contribution in [0.3, 0.4) is 0 Å². The maximum Gasteiger partial charge on any atom is 0.242 e. The molecule has 0 bridgehead atoms. The van der Waals surface area contributed by atoms with E-state index < -0.39 is 5.92 Å². The Balaban J connectivity index is 1.98. The third-order valence-electron chi connectivity index (χ3n) is 3.09. The molecule has 112 valence electrons. The fraction of sp³-hybridized carbons (Fsp3) is 0.235. The van der Waals surface area contributed by atoms with Crippen molar-refractivity contribution in [1.82, 2.24) is 4.98 Å². The van der Waals surface area contributed by atoms with E-state index >= 15 is 0 Å². The molecule has 0 spiro atoms. The molecule has 1 heterocycles. The zero-order valence-corrected chi connectivity index (χ0v) is 12.3. The average molecular weight is 295 g/mol. The van der Waals surface area contributed by atoms with Gasteiger partial charge >= 0.3 is 0 Å². The number of benzene rings is 1. The Morgan fingerprint density at radius 1 is 1.27 bits per heavy atom. The molecule has 5 heteroatoms. The Bertz CT molecular complexity index is 648. The molecule has 0 aliphatic carbocycles. The second kappa shape index (κ2) is 7.79. The topological polar surface area (TPSA) is 75.0 Å². The fourth-order valence-electron chi connectivity index (χ4n) is 1.98. The first-order valence-corrected chi connectivity index (χ1v) is 7.05. The minimum Gasteiger partial charge on any atom is -0.494 e. The highest BCUT2D eigenvalue weighted by atomic mass is 16.5. The Morgan fingerprint density at radius 2 is 1.95 bits per heavy atom. The summed E-state index contributed by atoms with van der Waals surface area (Å²) in [5.41, 5.74) is 1.55. The molecule has 22 heavy (non-hydrogen) atoms. The van der Waals surface area contributed by atoms with Gasteiger partial charge in [-0.25, -0.2) is 0 Å². The summed E-state index contributed by atoms with van der Waals surface area (Å²) < 4.78 is 5.34. The molecule has 0 saturated carbocycles. The molecule has 0 aliphatic heterocycles. The van der Waals surface area contributed by atoms with Gasteiger partial charge in [0, 0.05) is 18.1 Å². The molecule has 1 aromatic heterocycles. The second-order valence-corrected chi connectivity index (χ2v) is 4.69. The summed E-state index contributed by atoms with van der Waals surface area (Å²) in [7, 11) is 0. The predicted octanol–water partition coefficient (Wildman–Crippen LogP) is 2.80. The number of nitrogens with one attached hydrogen (secondary N) is 1. The van der Waals surface area contributed by atoms with Crippen LogP contribution >= 0.6 is 0 Å². The van der Waals surface area contributed by atoms with Crippen molar-refractivity contribution in [3.63, 3.8) is 0 Å². The van der Waals surface area contributed by atoms with E-state index in [1.165, 1.54) is 0 Å². The third-order valence-corrected chi connectivity index (χ3v) is 3.09. The van der Waals surface area contributed by atoms with Gasteiger partial charge in [-0.15, -0.1) is 0 Å². The predicted molar refractivity (Wildman–Crippen MR) is 83.3 cm³/mol. The van der Waals surface area contributed by atoms with E-state index in [-0.39, 0.29) is 5.91 Å². The summed E-state index contributed by atoms with van der Waals surface area (Å²) in [5.74, 6) is -0.313. The number of pyridine rings is 1. The molecule has 0 saturated heterocycles. The van der Waals surface area contributed by atoms with Gasteiger partial charge in [-0.3, -0.25) is 9.78 Å². The highest BCUT2D eigenvalue weighted by Crippen LogP contribution is 2.17. The van der Waals surface area contributed by atoms with Crippen molar-refractivity contribution < 1.29 is 9.53 Å². The van der Waals surface area contributed by atoms with Gasteiger partial charge in [0.1, 0.15) is 11.7 Å². The Morgan fingerprint density at radius 3 is 2.55 bits per heavy atom. The summed E-state index contributed by atoms with van der Waals surface area (Å²) in [6, 6.07) is 12.7. The van der Waals surface area contributed by atoms with Gasteiger partial charge in [-0.05, 0) is 55.3 Å². The molecule has 0 fully saturated rings. The zero-order chi connectivity index (χ0) is 15.8. The van der Waals surface area contributed by atoms with Crippen LogP contribution in [0.4, 0.5) is 5.69 Å². The molecule has 1 amide bonds. The summed E-state index contributed by atoms with van der Waals surface area (Å²) >= 11 is 0. The summed E-state index contributed by atoms with van der Waals surface area (Å²) in [6.45, 7) is 2.50. The Hall–Kier alpha value is -2.87. The van der Waals surface area contributed by atoms with Gasteiger partial charge in [-0.1, -0.05) is 0 Å². The summed E-state index contributed by atoms with van der Waals surface area (Å²) in [4.78, 5) is 16.1. The van der Waals surface area contributed by atoms with Crippen molar-refractivity contribution in [3.05, 3.63) is 54.4 Å². The maximum atomic E-state index is 12.2. The first kappa shape index (κ1) is 15.5. The van der Waals surface area contributed by atoms with Crippen molar-refractivity contribution in [2.24, 2.45) is 5.92 Å². The van der Waals surface area contributed by atoms with Crippen LogP contribution in [0.5, 0.6) is 5.75 Å². The highest BCUT2D eigenvalue weighted by Gasteiger charge is 2.18. The van der Waals surface area contributed by atoms with E-state index in [9.17, 15) is 10.1 Å². The molecule has 1 aromatic carbocycles. The lowest BCUT2D eigenvalue weighted by Crippen LogP contribution is -2.23. The Kier molecular flexibility index (Phi) is 5.50. The van der Waals surface area contributed by atoms with E-state index in [0.717, 1.165) is 11.3 Å². The van der Waals surface area contributed by atoms with Gasteiger partial charge in [0.05, 0.1) is 12.7 Å². The quantitative estimate of drug-likeness (QED) is 0.889. The van der Waals surface area contributed by atoms with Gasteiger partial charge in [0.2, 0.25) is 5.91 Å². The van der Waals surface area contributed by atoms with Gasteiger partial charge in [0.25, 0.3) is 0 Å². The lowest BCUT2D eigenvalue weighted by Gasteiger charge is -2.11. The van der Waals surface area contributed by atoms with Crippen LogP contribution in [-0.2, 0) is 11.2 Å². The normalized spacial score (nSPS) is 11.3. The molecule has 5 nitrogen and oxygen atoms in total. The fourth-order valence-corrected chi connectivity index (χ4v) is 1.98. The summed E-state index contributed by atoms with van der Waals surface area (Å²) in [6.07, 6.45) is 3.66. The Labute approximate surface area is 129 Å². The summed E-state index contributed by atoms with van der Waals surface area (Å²) in [5, 5.41) is 12.0. The molecule has 0 aliphatic rings. The standard InChI is InChI=1S/C17H17N3O2/c1-2-22-16-5-3-15(4-6-16)20-17(21)14(12-18)11-13-7-9-19-10-8-13/h3-10,14H,2,11H2,1H3,(H,20,21). The van der Waals surface area contributed by atoms with Gasteiger partial charge in [0.15, 0.2) is 0 Å². The molecule has 0 radical (unpaired) electrons. The number of amides is 1. The van der Waals surface area contributed by atoms with Crippen molar-refractivity contribution >= 4 is 11.6 Å². The number of nitriles is 1. The van der Waals surface area contributed by atoms with Crippen LogP contribution < -0.4 is 10.1 Å². The van der Waals surface area contributed by atoms with Crippen LogP contribution in [0.1, 0.15) is 12.5 Å². The number of nitrogens with zero attached hydrogens (tertiary/aromatic N) is 2. The molecule has 2 rings (SSSR count). The van der Waals surface area contributed by atoms with Crippen molar-refractivity contribution in [3.8, 4) is 11.8 Å². The first-order chi connectivity index (χ1) is 10.7. The van der Waals surface area contributed by atoms with Crippen LogP contribution in [0.25, 0.3) is 0 Å². The van der Waals surface area contributed by atoms with Crippen molar-refractivity contribution in [2.75, 3.05) is 11.9 Å². The van der Waals surface area contributed by atoms with E-state index in [2.05, 4.69) is 10.3 Å². The maximum absolute atomic E-state index is 12.2. The molecule has 2 aromatic rings. The minimum atomic E-state index is -0.742. The minimum absolute atomic E-state index is 0.316. The smallest absolute Gasteiger partial charge is 0.242 e. The van der Waals surface area contributed by atoms with Gasteiger partial charge < -0.3 is 10.1 Å². The number of ether oxygens (including phenoxy) is 1. The number of carbonyl (C=O) groups is 1. The van der Waals surface area contributed by atoms with E-state index in [1.54, 1.807) is 48.8 Å². The van der Waals surface area contributed by atoms with Crippen LogP contribution in [-0.4, -0.2) is 17.5 Å². The monoisotopic (exact) mass is 295 g/mol. The SMILES string of the molecule is CCOc1ccc(NC(=O)C(C#N)Cc2ccncc2)cc1. The number of anilines is 1. The van der Waals surface area contributed by atoms with Crippen molar-refractivity contribution in [1.29, 1.82) is 5.26 Å². The van der Waals surface area contributed by atoms with Crippen LogP contribution in [0, 0.1) is 17.2 Å². The van der Waals surface area contributed by atoms with E-state index in [0.29, 0.717) is 18.7 Å². The van der Waals surface area contributed by atoms with Crippen LogP contribution in [0.2, 0.25) is 0 Å². The number of rotatable bonds is 6. The largest absolute Gasteiger partial charge is 0.494 e. The van der Waals surface area contributed by atoms with Crippen LogP contribution in [0.15, 0.2) is 48.8 Å². The lowest BCUT2D eigenvalue weighted by atomic mass is 10.0. The number of aromatic nitrogens is 1. The highest BCUT2D eigenvalue weighted by molar-refractivity contribution is 5.94. The number of hydrogen-bond acceptors (Lipinski definition) is 4. The second-order valence-electron chi connectivity index (χ2n) is 4.69. The zero-order valence-electron chi connectivity index (χ0n) is 12.3. The molecular weight excluding hydrogens is 278 g/mol. The van der Waals surface area contributed by atoms with Gasteiger partial charge in [-0.2, -0.15) is 5.26 Å². The first-order valence-electron chi connectivity index (χ1n) is 7.05. The molecular formula is C17H17N3O2.